The Morgan fingerprint density at radius 2 is 1.97 bits per heavy atom. The molecule has 3 rings (SSSR count). The number of rotatable bonds is 8. The average Bonchev–Trinajstić information content (AvgIpc) is 2.78. The van der Waals surface area contributed by atoms with Crippen LogP contribution in [0, 0.1) is 5.82 Å². The molecule has 32 heavy (non-hydrogen) atoms. The molecule has 2 aromatic carbocycles. The standard InChI is InChI=1S/C24H30ClFN4O2/c1-16(12-23(27)31)29-10-8-20(9-11-29)30(15-18-13-19(25)6-7-22(18)26)21-5-3-4-17(14-21)24(32)28-2/h3-7,13-14,16,20H,8-12,15H2,1-2H3,(H2,27,31)(H,28,32). The van der Waals surface area contributed by atoms with Crippen molar-refractivity contribution in [2.75, 3.05) is 25.0 Å². The van der Waals surface area contributed by atoms with E-state index in [1.165, 1.54) is 12.1 Å². The predicted molar refractivity (Wildman–Crippen MR) is 125 cm³/mol. The summed E-state index contributed by atoms with van der Waals surface area (Å²) in [6.45, 7) is 3.97. The molecule has 0 bridgehead atoms. The summed E-state index contributed by atoms with van der Waals surface area (Å²) in [7, 11) is 1.59. The summed E-state index contributed by atoms with van der Waals surface area (Å²) >= 11 is 6.13. The highest BCUT2D eigenvalue weighted by Crippen LogP contribution is 2.29. The topological polar surface area (TPSA) is 78.7 Å². The molecule has 3 N–H and O–H groups in total. The van der Waals surface area contributed by atoms with Crippen LogP contribution in [0.15, 0.2) is 42.5 Å². The van der Waals surface area contributed by atoms with Crippen LogP contribution in [0.4, 0.5) is 10.1 Å². The van der Waals surface area contributed by atoms with Gasteiger partial charge in [0.25, 0.3) is 5.91 Å². The zero-order valence-corrected chi connectivity index (χ0v) is 19.2. The van der Waals surface area contributed by atoms with Crippen molar-refractivity contribution in [3.8, 4) is 0 Å². The molecule has 0 aromatic heterocycles. The molecule has 1 aliphatic heterocycles. The molecule has 0 saturated carbocycles. The van der Waals surface area contributed by atoms with Crippen LogP contribution >= 0.6 is 11.6 Å². The van der Waals surface area contributed by atoms with Gasteiger partial charge in [-0.1, -0.05) is 17.7 Å². The molecule has 8 heteroatoms. The fourth-order valence-corrected chi connectivity index (χ4v) is 4.50. The number of primary amides is 1. The normalized spacial score (nSPS) is 15.9. The molecule has 2 aromatic rings. The lowest BCUT2D eigenvalue weighted by Crippen LogP contribution is -2.48. The van der Waals surface area contributed by atoms with E-state index in [-0.39, 0.29) is 29.7 Å². The van der Waals surface area contributed by atoms with Gasteiger partial charge in [0.05, 0.1) is 0 Å². The van der Waals surface area contributed by atoms with Gasteiger partial charge >= 0.3 is 0 Å². The van der Waals surface area contributed by atoms with Crippen LogP contribution in [0.5, 0.6) is 0 Å². The van der Waals surface area contributed by atoms with Gasteiger partial charge in [-0.25, -0.2) is 4.39 Å². The summed E-state index contributed by atoms with van der Waals surface area (Å²) in [4.78, 5) is 27.9. The van der Waals surface area contributed by atoms with Crippen LogP contribution in [0.2, 0.25) is 5.02 Å². The van der Waals surface area contributed by atoms with Crippen LogP contribution in [0.25, 0.3) is 0 Å². The first-order valence-corrected chi connectivity index (χ1v) is 11.2. The second-order valence-corrected chi connectivity index (χ2v) is 8.72. The van der Waals surface area contributed by atoms with Gasteiger partial charge in [-0.3, -0.25) is 14.5 Å². The molecule has 2 amide bonds. The van der Waals surface area contributed by atoms with Crippen molar-refractivity contribution < 1.29 is 14.0 Å². The highest BCUT2D eigenvalue weighted by molar-refractivity contribution is 6.30. The Hall–Kier alpha value is -2.64. The number of hydrogen-bond acceptors (Lipinski definition) is 4. The van der Waals surface area contributed by atoms with E-state index in [4.69, 9.17) is 17.3 Å². The van der Waals surface area contributed by atoms with Gasteiger partial charge in [-0.15, -0.1) is 0 Å². The molecular weight excluding hydrogens is 431 g/mol. The van der Waals surface area contributed by atoms with E-state index in [0.717, 1.165) is 31.6 Å². The number of halogens is 2. The molecule has 1 unspecified atom stereocenters. The van der Waals surface area contributed by atoms with E-state index in [1.54, 1.807) is 19.2 Å². The zero-order chi connectivity index (χ0) is 23.3. The van der Waals surface area contributed by atoms with Crippen LogP contribution in [0.3, 0.4) is 0 Å². The lowest BCUT2D eigenvalue weighted by molar-refractivity contribution is -0.119. The second kappa shape index (κ2) is 10.8. The van der Waals surface area contributed by atoms with Crippen LogP contribution in [-0.2, 0) is 11.3 Å². The minimum Gasteiger partial charge on any atom is -0.370 e. The molecule has 0 radical (unpaired) electrons. The van der Waals surface area contributed by atoms with Crippen LogP contribution < -0.4 is 16.0 Å². The Bertz CT molecular complexity index is 963. The Labute approximate surface area is 193 Å². The number of nitrogens with one attached hydrogen (secondary N) is 1. The third kappa shape index (κ3) is 5.99. The van der Waals surface area contributed by atoms with Crippen molar-refractivity contribution >= 4 is 29.1 Å². The minimum atomic E-state index is -0.311. The summed E-state index contributed by atoms with van der Waals surface area (Å²) in [5, 5.41) is 3.13. The number of piperidine rings is 1. The highest BCUT2D eigenvalue weighted by atomic mass is 35.5. The predicted octanol–water partition coefficient (Wildman–Crippen LogP) is 3.57. The number of nitrogens with zero attached hydrogens (tertiary/aromatic N) is 2. The quantitative estimate of drug-likeness (QED) is 0.631. The molecule has 1 saturated heterocycles. The van der Waals surface area contributed by atoms with Gasteiger partial charge < -0.3 is 16.0 Å². The maximum Gasteiger partial charge on any atom is 0.251 e. The van der Waals surface area contributed by atoms with Gasteiger partial charge in [0.15, 0.2) is 0 Å². The Kier molecular flexibility index (Phi) is 8.10. The van der Waals surface area contributed by atoms with Crippen molar-refractivity contribution in [3.63, 3.8) is 0 Å². The lowest BCUT2D eigenvalue weighted by atomic mass is 9.98. The van der Waals surface area contributed by atoms with E-state index < -0.39 is 0 Å². The Morgan fingerprint density at radius 3 is 2.62 bits per heavy atom. The smallest absolute Gasteiger partial charge is 0.251 e. The fourth-order valence-electron chi connectivity index (χ4n) is 4.31. The molecule has 0 spiro atoms. The first-order valence-electron chi connectivity index (χ1n) is 10.8. The van der Waals surface area contributed by atoms with E-state index >= 15 is 0 Å². The Morgan fingerprint density at radius 1 is 1.25 bits per heavy atom. The third-order valence-corrected chi connectivity index (χ3v) is 6.31. The number of amides is 2. The summed E-state index contributed by atoms with van der Waals surface area (Å²) in [5.41, 5.74) is 7.27. The molecule has 1 fully saturated rings. The van der Waals surface area contributed by atoms with Crippen molar-refractivity contribution in [2.24, 2.45) is 5.73 Å². The van der Waals surface area contributed by atoms with Gasteiger partial charge in [-0.05, 0) is 56.2 Å². The Balaban J connectivity index is 1.86. The molecular formula is C24H30ClFN4O2. The number of nitrogens with two attached hydrogens (primary N) is 1. The molecule has 1 atom stereocenters. The average molecular weight is 461 g/mol. The molecule has 172 valence electrons. The van der Waals surface area contributed by atoms with Crippen LogP contribution in [-0.4, -0.2) is 48.9 Å². The minimum absolute atomic E-state index is 0.0869. The largest absolute Gasteiger partial charge is 0.370 e. The van der Waals surface area contributed by atoms with Crippen molar-refractivity contribution in [1.29, 1.82) is 0 Å². The number of anilines is 1. The molecule has 0 aliphatic carbocycles. The maximum absolute atomic E-state index is 14.6. The monoisotopic (exact) mass is 460 g/mol. The number of likely N-dealkylation sites (tertiary alicyclic amines) is 1. The first kappa shape index (κ1) is 24.0. The van der Waals surface area contributed by atoms with Gasteiger partial charge in [0, 0.05) is 67.0 Å². The number of benzene rings is 2. The summed E-state index contributed by atoms with van der Waals surface area (Å²) in [6.07, 6.45) is 2.02. The molecule has 6 nitrogen and oxygen atoms in total. The maximum atomic E-state index is 14.6. The van der Waals surface area contributed by atoms with Gasteiger partial charge in [0.1, 0.15) is 5.82 Å². The van der Waals surface area contributed by atoms with Gasteiger partial charge in [-0.2, -0.15) is 0 Å². The van der Waals surface area contributed by atoms with E-state index in [1.807, 2.05) is 25.1 Å². The third-order valence-electron chi connectivity index (χ3n) is 6.08. The summed E-state index contributed by atoms with van der Waals surface area (Å²) in [6, 6.07) is 12.2. The summed E-state index contributed by atoms with van der Waals surface area (Å²) < 4.78 is 14.6. The highest BCUT2D eigenvalue weighted by Gasteiger charge is 2.28. The zero-order valence-electron chi connectivity index (χ0n) is 18.5. The summed E-state index contributed by atoms with van der Waals surface area (Å²) in [5.74, 6) is -0.783. The first-order chi connectivity index (χ1) is 15.3. The van der Waals surface area contributed by atoms with Crippen molar-refractivity contribution in [1.82, 2.24) is 10.2 Å². The van der Waals surface area contributed by atoms with Crippen LogP contribution in [0.1, 0.15) is 42.1 Å². The van der Waals surface area contributed by atoms with E-state index in [9.17, 15) is 14.0 Å². The molecule has 1 aliphatic rings. The molecule has 1 heterocycles. The van der Waals surface area contributed by atoms with Gasteiger partial charge in [0.2, 0.25) is 5.91 Å². The van der Waals surface area contributed by atoms with E-state index in [2.05, 4.69) is 15.1 Å². The number of carbonyl (C=O) groups excluding carboxylic acids is 2. The SMILES string of the molecule is CNC(=O)c1cccc(N(Cc2cc(Cl)ccc2F)C2CCN(C(C)CC(N)=O)CC2)c1. The fraction of sp³-hybridized carbons (Fsp3) is 0.417. The van der Waals surface area contributed by atoms with Crippen molar-refractivity contribution in [3.05, 3.63) is 64.4 Å². The lowest BCUT2D eigenvalue weighted by Gasteiger charge is -2.41. The second-order valence-electron chi connectivity index (χ2n) is 8.28. The van der Waals surface area contributed by atoms with E-state index in [0.29, 0.717) is 29.1 Å². The van der Waals surface area contributed by atoms with Crippen molar-refractivity contribution in [2.45, 2.75) is 44.8 Å². The number of carbonyl (C=O) groups is 2. The number of hydrogen-bond donors (Lipinski definition) is 2.